The van der Waals surface area contributed by atoms with Crippen LogP contribution in [0.15, 0.2) is 27.4 Å². The van der Waals surface area contributed by atoms with Gasteiger partial charge in [0.1, 0.15) is 0 Å². The monoisotopic (exact) mass is 260 g/mol. The number of likely N-dealkylation sites (N-methyl/N-ethyl adjacent to an activating group) is 1. The maximum absolute atomic E-state index is 12.0. The first kappa shape index (κ1) is 12.1. The first-order valence-electron chi connectivity index (χ1n) is 6.27. The Kier molecular flexibility index (Phi) is 2.14. The van der Waals surface area contributed by atoms with Crippen molar-refractivity contribution in [1.82, 2.24) is 5.01 Å². The highest BCUT2D eigenvalue weighted by Crippen LogP contribution is 2.50. The van der Waals surface area contributed by atoms with E-state index in [1.54, 1.807) is 0 Å². The molecule has 2 heterocycles. The van der Waals surface area contributed by atoms with Gasteiger partial charge in [-0.05, 0) is 19.4 Å². The molecule has 19 heavy (non-hydrogen) atoms. The molecule has 0 spiro atoms. The lowest BCUT2D eigenvalue weighted by atomic mass is 9.66. The smallest absolute Gasteiger partial charge is 0.346 e. The minimum atomic E-state index is -0.529. The SMILES string of the molecule is CC1=NN(C)C2C1=C(C)C1=C(C(=O)OC1=O)C2(C)C. The molecule has 0 amide bonds. The summed E-state index contributed by atoms with van der Waals surface area (Å²) in [4.78, 5) is 23.9. The fraction of sp³-hybridized carbons (Fsp3) is 0.500. The number of carbonyl (C=O) groups excluding carboxylic acids is 2. The number of cyclic esters (lactones) is 2. The van der Waals surface area contributed by atoms with Gasteiger partial charge in [0, 0.05) is 18.0 Å². The molecule has 2 aliphatic heterocycles. The van der Waals surface area contributed by atoms with Crippen LogP contribution in [-0.2, 0) is 14.3 Å². The average Bonchev–Trinajstić information content (AvgIpc) is 2.74. The summed E-state index contributed by atoms with van der Waals surface area (Å²) in [6.07, 6.45) is 0. The molecule has 0 saturated heterocycles. The highest BCUT2D eigenvalue weighted by Gasteiger charge is 2.54. The van der Waals surface area contributed by atoms with Gasteiger partial charge in [0.2, 0.25) is 0 Å². The van der Waals surface area contributed by atoms with Crippen LogP contribution in [0.1, 0.15) is 27.7 Å². The molecule has 5 heteroatoms. The molecule has 3 rings (SSSR count). The standard InChI is InChI=1S/C14H16N2O3/c1-6-8-7(2)15-16(5)11(8)14(3,4)10-9(6)12(17)19-13(10)18/h11H,1-5H3. The molecule has 0 fully saturated rings. The molecule has 0 radical (unpaired) electrons. The van der Waals surface area contributed by atoms with Gasteiger partial charge in [0.15, 0.2) is 0 Å². The van der Waals surface area contributed by atoms with Crippen molar-refractivity contribution in [1.29, 1.82) is 0 Å². The molecular formula is C14H16N2O3. The quantitative estimate of drug-likeness (QED) is 0.488. The number of nitrogens with zero attached hydrogens (tertiary/aromatic N) is 2. The van der Waals surface area contributed by atoms with Crippen LogP contribution in [0.5, 0.6) is 0 Å². The Bertz CT molecular complexity index is 623. The molecule has 1 aliphatic carbocycles. The minimum Gasteiger partial charge on any atom is -0.386 e. The topological polar surface area (TPSA) is 59.0 Å². The van der Waals surface area contributed by atoms with Gasteiger partial charge in [-0.3, -0.25) is 5.01 Å². The van der Waals surface area contributed by atoms with Gasteiger partial charge in [-0.1, -0.05) is 13.8 Å². The van der Waals surface area contributed by atoms with Gasteiger partial charge in [-0.2, -0.15) is 5.10 Å². The van der Waals surface area contributed by atoms with Crippen molar-refractivity contribution in [3.8, 4) is 0 Å². The van der Waals surface area contributed by atoms with Crippen LogP contribution in [0.4, 0.5) is 0 Å². The van der Waals surface area contributed by atoms with Crippen molar-refractivity contribution in [3.05, 3.63) is 22.3 Å². The molecular weight excluding hydrogens is 244 g/mol. The van der Waals surface area contributed by atoms with Crippen molar-refractivity contribution in [3.63, 3.8) is 0 Å². The Morgan fingerprint density at radius 3 is 2.47 bits per heavy atom. The molecule has 0 aromatic carbocycles. The van der Waals surface area contributed by atoms with E-state index in [2.05, 4.69) is 5.10 Å². The Morgan fingerprint density at radius 1 is 1.21 bits per heavy atom. The highest BCUT2D eigenvalue weighted by molar-refractivity contribution is 6.18. The molecule has 0 saturated carbocycles. The fourth-order valence-electron chi connectivity index (χ4n) is 3.62. The predicted molar refractivity (Wildman–Crippen MR) is 69.3 cm³/mol. The van der Waals surface area contributed by atoms with Gasteiger partial charge in [0.05, 0.1) is 22.9 Å². The number of hydrazone groups is 1. The largest absolute Gasteiger partial charge is 0.386 e. The lowest BCUT2D eigenvalue weighted by Crippen LogP contribution is -2.44. The summed E-state index contributed by atoms with van der Waals surface area (Å²) in [5, 5.41) is 6.33. The van der Waals surface area contributed by atoms with Crippen LogP contribution in [0.3, 0.4) is 0 Å². The van der Waals surface area contributed by atoms with Crippen LogP contribution < -0.4 is 0 Å². The third-order valence-electron chi connectivity index (χ3n) is 4.30. The van der Waals surface area contributed by atoms with Crippen molar-refractivity contribution in [2.45, 2.75) is 33.7 Å². The Morgan fingerprint density at radius 2 is 1.84 bits per heavy atom. The molecule has 1 atom stereocenters. The minimum absolute atomic E-state index is 0.0234. The van der Waals surface area contributed by atoms with E-state index in [0.29, 0.717) is 11.1 Å². The summed E-state index contributed by atoms with van der Waals surface area (Å²) in [6, 6.07) is -0.0234. The fourth-order valence-corrected chi connectivity index (χ4v) is 3.62. The van der Waals surface area contributed by atoms with Crippen molar-refractivity contribution >= 4 is 17.7 Å². The first-order valence-corrected chi connectivity index (χ1v) is 6.27. The average molecular weight is 260 g/mol. The van der Waals surface area contributed by atoms with Gasteiger partial charge >= 0.3 is 11.9 Å². The summed E-state index contributed by atoms with van der Waals surface area (Å²) >= 11 is 0. The van der Waals surface area contributed by atoms with Gasteiger partial charge in [-0.15, -0.1) is 0 Å². The van der Waals surface area contributed by atoms with Crippen LogP contribution in [-0.4, -0.2) is 35.7 Å². The number of carbonyl (C=O) groups is 2. The first-order chi connectivity index (χ1) is 8.76. The summed E-state index contributed by atoms with van der Waals surface area (Å²) < 4.78 is 4.81. The molecule has 0 aromatic rings. The zero-order valence-corrected chi connectivity index (χ0v) is 11.7. The van der Waals surface area contributed by atoms with E-state index in [1.807, 2.05) is 39.8 Å². The third kappa shape index (κ3) is 1.27. The van der Waals surface area contributed by atoms with E-state index in [1.165, 1.54) is 0 Å². The van der Waals surface area contributed by atoms with Crippen molar-refractivity contribution < 1.29 is 14.3 Å². The van der Waals surface area contributed by atoms with E-state index in [0.717, 1.165) is 16.9 Å². The summed E-state index contributed by atoms with van der Waals surface area (Å²) in [5.74, 6) is -1.04. The normalized spacial score (nSPS) is 28.6. The Labute approximate surface area is 111 Å². The summed E-state index contributed by atoms with van der Waals surface area (Å²) in [5.41, 5.74) is 3.19. The zero-order chi connectivity index (χ0) is 14.1. The second kappa shape index (κ2) is 3.35. The second-order valence-corrected chi connectivity index (χ2v) is 5.85. The van der Waals surface area contributed by atoms with Crippen LogP contribution in [0, 0.1) is 5.41 Å². The molecule has 3 aliphatic rings. The molecule has 0 N–H and O–H groups in total. The Hall–Kier alpha value is -1.91. The van der Waals surface area contributed by atoms with Crippen molar-refractivity contribution in [2.75, 3.05) is 7.05 Å². The summed E-state index contributed by atoms with van der Waals surface area (Å²) in [7, 11) is 1.89. The van der Waals surface area contributed by atoms with Gasteiger partial charge in [-0.25, -0.2) is 9.59 Å². The zero-order valence-electron chi connectivity index (χ0n) is 11.7. The summed E-state index contributed by atoms with van der Waals surface area (Å²) in [6.45, 7) is 7.72. The highest BCUT2D eigenvalue weighted by atomic mass is 16.6. The number of ether oxygens (including phenoxy) is 1. The van der Waals surface area contributed by atoms with Crippen LogP contribution in [0.25, 0.3) is 0 Å². The van der Waals surface area contributed by atoms with E-state index in [-0.39, 0.29) is 6.04 Å². The number of hydrogen-bond acceptors (Lipinski definition) is 5. The molecule has 1 unspecified atom stereocenters. The molecule has 0 bridgehead atoms. The maximum atomic E-state index is 12.0. The van der Waals surface area contributed by atoms with Crippen molar-refractivity contribution in [2.24, 2.45) is 10.5 Å². The number of rotatable bonds is 0. The molecule has 0 aromatic heterocycles. The predicted octanol–water partition coefficient (Wildman–Crippen LogP) is 1.41. The number of fused-ring (bicyclic) bond motifs is 1. The van der Waals surface area contributed by atoms with E-state index in [4.69, 9.17) is 4.74 Å². The van der Waals surface area contributed by atoms with Gasteiger partial charge < -0.3 is 4.74 Å². The van der Waals surface area contributed by atoms with E-state index in [9.17, 15) is 9.59 Å². The Balaban J connectivity index is 2.33. The second-order valence-electron chi connectivity index (χ2n) is 5.85. The molecule has 100 valence electrons. The number of esters is 2. The van der Waals surface area contributed by atoms with Gasteiger partial charge in [0.25, 0.3) is 0 Å². The van der Waals surface area contributed by atoms with E-state index >= 15 is 0 Å². The van der Waals surface area contributed by atoms with E-state index < -0.39 is 17.4 Å². The third-order valence-corrected chi connectivity index (χ3v) is 4.30. The molecule has 5 nitrogen and oxygen atoms in total. The van der Waals surface area contributed by atoms with Crippen LogP contribution in [0.2, 0.25) is 0 Å². The maximum Gasteiger partial charge on any atom is 0.346 e. The lowest BCUT2D eigenvalue weighted by Gasteiger charge is -2.39. The number of hydrogen-bond donors (Lipinski definition) is 0. The van der Waals surface area contributed by atoms with Crippen LogP contribution >= 0.6 is 0 Å². The lowest BCUT2D eigenvalue weighted by molar-refractivity contribution is -0.151.